The molecule has 0 aliphatic rings. The largest absolute Gasteiger partial charge is 0.452 e. The van der Waals surface area contributed by atoms with Crippen molar-refractivity contribution in [1.82, 2.24) is 4.98 Å². The van der Waals surface area contributed by atoms with E-state index < -0.39 is 18.0 Å². The van der Waals surface area contributed by atoms with E-state index in [1.165, 1.54) is 6.92 Å². The lowest BCUT2D eigenvalue weighted by Gasteiger charge is -2.13. The molecule has 134 valence electrons. The van der Waals surface area contributed by atoms with Crippen molar-refractivity contribution in [2.24, 2.45) is 0 Å². The number of halogens is 1. The summed E-state index contributed by atoms with van der Waals surface area (Å²) < 4.78 is 10.6. The number of para-hydroxylation sites is 3. The summed E-state index contributed by atoms with van der Waals surface area (Å²) in [5.41, 5.74) is 1.83. The first kappa shape index (κ1) is 18.3. The van der Waals surface area contributed by atoms with Crippen LogP contribution in [0.1, 0.15) is 6.92 Å². The van der Waals surface area contributed by atoms with Gasteiger partial charge >= 0.3 is 5.97 Å². The second-order valence-electron chi connectivity index (χ2n) is 5.34. The van der Waals surface area contributed by atoms with Crippen molar-refractivity contribution in [3.05, 3.63) is 53.6 Å². The van der Waals surface area contributed by atoms with Crippen molar-refractivity contribution in [3.8, 4) is 0 Å². The number of oxazole rings is 1. The van der Waals surface area contributed by atoms with Crippen molar-refractivity contribution in [1.29, 1.82) is 0 Å². The van der Waals surface area contributed by atoms with Gasteiger partial charge in [-0.1, -0.05) is 47.6 Å². The molecule has 1 N–H and O–H groups in total. The fraction of sp³-hybridized carbons (Fsp3) is 0.167. The molecule has 0 unspecified atom stereocenters. The first-order chi connectivity index (χ1) is 12.5. The summed E-state index contributed by atoms with van der Waals surface area (Å²) in [6, 6.07) is 14.1. The third-order valence-corrected chi connectivity index (χ3v) is 4.53. The average molecular weight is 391 g/mol. The van der Waals surface area contributed by atoms with Gasteiger partial charge in [-0.05, 0) is 31.2 Å². The number of ether oxygens (including phenoxy) is 1. The van der Waals surface area contributed by atoms with E-state index in [0.29, 0.717) is 21.5 Å². The minimum atomic E-state index is -0.956. The zero-order valence-corrected chi connectivity index (χ0v) is 15.3. The summed E-state index contributed by atoms with van der Waals surface area (Å²) in [7, 11) is 0. The van der Waals surface area contributed by atoms with Gasteiger partial charge in [-0.2, -0.15) is 0 Å². The number of rotatable bonds is 6. The van der Waals surface area contributed by atoms with E-state index in [1.54, 1.807) is 30.3 Å². The number of amides is 1. The predicted octanol–water partition coefficient (Wildman–Crippen LogP) is 4.14. The van der Waals surface area contributed by atoms with Crippen LogP contribution in [0.15, 0.2) is 58.2 Å². The van der Waals surface area contributed by atoms with E-state index >= 15 is 0 Å². The van der Waals surface area contributed by atoms with Crippen LogP contribution in [0.2, 0.25) is 5.02 Å². The Labute approximate surface area is 158 Å². The molecule has 26 heavy (non-hydrogen) atoms. The van der Waals surface area contributed by atoms with Crippen molar-refractivity contribution in [2.45, 2.75) is 18.3 Å². The van der Waals surface area contributed by atoms with Crippen LogP contribution in [0.25, 0.3) is 11.1 Å². The first-order valence-electron chi connectivity index (χ1n) is 7.76. The van der Waals surface area contributed by atoms with E-state index in [-0.39, 0.29) is 5.75 Å². The number of nitrogens with zero attached hydrogens (tertiary/aromatic N) is 1. The van der Waals surface area contributed by atoms with Gasteiger partial charge in [-0.25, -0.2) is 4.98 Å². The molecule has 0 saturated carbocycles. The van der Waals surface area contributed by atoms with E-state index in [0.717, 1.165) is 17.3 Å². The maximum atomic E-state index is 12.1. The number of carbonyl (C=O) groups is 2. The van der Waals surface area contributed by atoms with E-state index in [2.05, 4.69) is 10.3 Å². The van der Waals surface area contributed by atoms with Crippen LogP contribution in [-0.4, -0.2) is 28.7 Å². The third-order valence-electron chi connectivity index (χ3n) is 3.40. The lowest BCUT2D eigenvalue weighted by molar-refractivity contribution is -0.150. The topological polar surface area (TPSA) is 81.4 Å². The lowest BCUT2D eigenvalue weighted by Crippen LogP contribution is -2.30. The fourth-order valence-corrected chi connectivity index (χ4v) is 2.92. The molecule has 0 bridgehead atoms. The Kier molecular flexibility index (Phi) is 5.80. The Bertz CT molecular complexity index is 911. The van der Waals surface area contributed by atoms with Crippen molar-refractivity contribution in [2.75, 3.05) is 11.1 Å². The molecule has 6 nitrogen and oxygen atoms in total. The lowest BCUT2D eigenvalue weighted by atomic mass is 10.3. The summed E-state index contributed by atoms with van der Waals surface area (Å²) in [4.78, 5) is 28.3. The molecule has 3 aromatic rings. The molecule has 1 amide bonds. The third kappa shape index (κ3) is 4.56. The number of hydrogen-bond donors (Lipinski definition) is 1. The van der Waals surface area contributed by atoms with Crippen LogP contribution < -0.4 is 5.32 Å². The molecule has 3 rings (SSSR count). The summed E-state index contributed by atoms with van der Waals surface area (Å²) in [6.45, 7) is 1.49. The normalized spacial score (nSPS) is 11.9. The SMILES string of the molecule is C[C@@H](OC(=O)CSc1nc2ccccc2o1)C(=O)Nc1ccccc1Cl. The Morgan fingerprint density at radius 1 is 1.23 bits per heavy atom. The number of thioether (sulfide) groups is 1. The standard InChI is InChI=1S/C18H15ClN2O4S/c1-11(17(23)20-13-7-3-2-6-12(13)19)24-16(22)10-26-18-21-14-8-4-5-9-15(14)25-18/h2-9,11H,10H2,1H3,(H,20,23)/t11-/m1/s1. The summed E-state index contributed by atoms with van der Waals surface area (Å²) in [6.07, 6.45) is -0.956. The number of anilines is 1. The number of benzene rings is 2. The molecular formula is C18H15ClN2O4S. The zero-order chi connectivity index (χ0) is 18.5. The zero-order valence-electron chi connectivity index (χ0n) is 13.8. The van der Waals surface area contributed by atoms with Gasteiger partial charge in [0.2, 0.25) is 0 Å². The number of esters is 1. The number of nitrogens with one attached hydrogen (secondary N) is 1. The van der Waals surface area contributed by atoms with Crippen LogP contribution in [0.3, 0.4) is 0 Å². The summed E-state index contributed by atoms with van der Waals surface area (Å²) in [5, 5.41) is 3.40. The number of hydrogen-bond acceptors (Lipinski definition) is 6. The van der Waals surface area contributed by atoms with Gasteiger partial charge in [0.25, 0.3) is 11.1 Å². The summed E-state index contributed by atoms with van der Waals surface area (Å²) >= 11 is 7.10. The van der Waals surface area contributed by atoms with Gasteiger partial charge in [-0.15, -0.1) is 0 Å². The van der Waals surface area contributed by atoms with Crippen molar-refractivity contribution < 1.29 is 18.7 Å². The minimum Gasteiger partial charge on any atom is -0.452 e. The highest BCUT2D eigenvalue weighted by molar-refractivity contribution is 7.99. The van der Waals surface area contributed by atoms with Crippen LogP contribution in [0.5, 0.6) is 0 Å². The fourth-order valence-electron chi connectivity index (χ4n) is 2.12. The van der Waals surface area contributed by atoms with Gasteiger partial charge in [-0.3, -0.25) is 9.59 Å². The summed E-state index contributed by atoms with van der Waals surface area (Å²) in [5.74, 6) is -1.02. The second-order valence-corrected chi connectivity index (χ2v) is 6.67. The van der Waals surface area contributed by atoms with Gasteiger partial charge in [0.05, 0.1) is 10.7 Å². The first-order valence-corrected chi connectivity index (χ1v) is 9.12. The number of carbonyl (C=O) groups excluding carboxylic acids is 2. The molecule has 0 spiro atoms. The molecule has 1 heterocycles. The Morgan fingerprint density at radius 3 is 2.73 bits per heavy atom. The van der Waals surface area contributed by atoms with Gasteiger partial charge in [0.15, 0.2) is 11.7 Å². The molecule has 0 fully saturated rings. The van der Waals surface area contributed by atoms with Gasteiger partial charge in [0, 0.05) is 0 Å². The molecule has 0 aliphatic heterocycles. The Balaban J connectivity index is 1.50. The molecule has 1 aromatic heterocycles. The smallest absolute Gasteiger partial charge is 0.317 e. The molecular weight excluding hydrogens is 376 g/mol. The highest BCUT2D eigenvalue weighted by Crippen LogP contribution is 2.23. The van der Waals surface area contributed by atoms with Crippen LogP contribution >= 0.6 is 23.4 Å². The molecule has 0 saturated heterocycles. The van der Waals surface area contributed by atoms with Gasteiger partial charge in [0.1, 0.15) is 11.3 Å². The van der Waals surface area contributed by atoms with E-state index in [1.807, 2.05) is 18.2 Å². The maximum absolute atomic E-state index is 12.1. The molecule has 1 atom stereocenters. The quantitative estimate of drug-likeness (QED) is 0.503. The average Bonchev–Trinajstić information content (AvgIpc) is 3.05. The second kappa shape index (κ2) is 8.25. The van der Waals surface area contributed by atoms with Crippen molar-refractivity contribution in [3.63, 3.8) is 0 Å². The molecule has 2 aromatic carbocycles. The Hall–Kier alpha value is -2.51. The molecule has 0 radical (unpaired) electrons. The van der Waals surface area contributed by atoms with Crippen LogP contribution in [0, 0.1) is 0 Å². The van der Waals surface area contributed by atoms with E-state index in [4.69, 9.17) is 20.8 Å². The highest BCUT2D eigenvalue weighted by Gasteiger charge is 2.19. The van der Waals surface area contributed by atoms with E-state index in [9.17, 15) is 9.59 Å². The monoisotopic (exact) mass is 390 g/mol. The minimum absolute atomic E-state index is 0.0173. The predicted molar refractivity (Wildman–Crippen MR) is 100 cm³/mol. The Morgan fingerprint density at radius 2 is 1.96 bits per heavy atom. The molecule has 0 aliphatic carbocycles. The number of aromatic nitrogens is 1. The van der Waals surface area contributed by atoms with Gasteiger partial charge < -0.3 is 14.5 Å². The van der Waals surface area contributed by atoms with Crippen LogP contribution in [0.4, 0.5) is 5.69 Å². The van der Waals surface area contributed by atoms with Crippen molar-refractivity contribution >= 4 is 52.0 Å². The molecule has 8 heteroatoms. The highest BCUT2D eigenvalue weighted by atomic mass is 35.5. The van der Waals surface area contributed by atoms with Crippen LogP contribution in [-0.2, 0) is 14.3 Å². The number of fused-ring (bicyclic) bond motifs is 1. The maximum Gasteiger partial charge on any atom is 0.317 e.